The van der Waals surface area contributed by atoms with Crippen molar-refractivity contribution in [3.8, 4) is 5.82 Å². The van der Waals surface area contributed by atoms with E-state index >= 15 is 0 Å². The number of carbonyl (C=O) groups excluding carboxylic acids is 1. The van der Waals surface area contributed by atoms with Gasteiger partial charge < -0.3 is 5.32 Å². The fraction of sp³-hybridized carbons (Fsp3) is 0.364. The average Bonchev–Trinajstić information content (AvgIpc) is 3.30. The molecule has 1 unspecified atom stereocenters. The second kappa shape index (κ2) is 8.78. The van der Waals surface area contributed by atoms with E-state index in [1.807, 2.05) is 18.2 Å². The van der Waals surface area contributed by atoms with E-state index in [0.29, 0.717) is 17.3 Å². The molecular weight excluding hydrogens is 350 g/mol. The third-order valence-corrected chi connectivity index (χ3v) is 5.46. The maximum absolute atomic E-state index is 13.0. The highest BCUT2D eigenvalue weighted by Crippen LogP contribution is 2.32. The Hall–Kier alpha value is -3.02. The van der Waals surface area contributed by atoms with E-state index in [2.05, 4.69) is 32.5 Å². The number of nitrogens with zero attached hydrogens (tertiary/aromatic N) is 4. The number of rotatable bonds is 6. The van der Waals surface area contributed by atoms with Gasteiger partial charge in [-0.1, -0.05) is 62.4 Å². The maximum Gasteiger partial charge on any atom is 0.251 e. The molecule has 144 valence electrons. The highest BCUT2D eigenvalue weighted by atomic mass is 16.1. The molecule has 1 saturated carbocycles. The van der Waals surface area contributed by atoms with Crippen molar-refractivity contribution in [3.05, 3.63) is 72.4 Å². The van der Waals surface area contributed by atoms with Gasteiger partial charge in [-0.15, -0.1) is 0 Å². The molecule has 2 aromatic heterocycles. The summed E-state index contributed by atoms with van der Waals surface area (Å²) in [5, 5.41) is 7.34. The zero-order valence-corrected chi connectivity index (χ0v) is 15.9. The van der Waals surface area contributed by atoms with Crippen molar-refractivity contribution >= 4 is 5.91 Å². The standard InChI is InChI=1S/C22H25N5O/c28-22(19-11-12-24-21(14-19)27-16-23-15-25-27)26-20(18-9-5-2-6-10-18)13-17-7-3-1-4-8-17/h2,5-6,9-12,14-17,20H,1,3-4,7-8,13H2,(H,26,28). The van der Waals surface area contributed by atoms with Gasteiger partial charge in [0.05, 0.1) is 6.04 Å². The van der Waals surface area contributed by atoms with E-state index in [0.717, 1.165) is 12.0 Å². The van der Waals surface area contributed by atoms with Gasteiger partial charge in [0.15, 0.2) is 5.82 Å². The zero-order chi connectivity index (χ0) is 19.2. The molecule has 28 heavy (non-hydrogen) atoms. The minimum atomic E-state index is -0.0894. The third kappa shape index (κ3) is 4.44. The normalized spacial score (nSPS) is 15.9. The van der Waals surface area contributed by atoms with E-state index in [4.69, 9.17) is 0 Å². The summed E-state index contributed by atoms with van der Waals surface area (Å²) in [4.78, 5) is 21.2. The van der Waals surface area contributed by atoms with Crippen LogP contribution in [0.25, 0.3) is 5.82 Å². The van der Waals surface area contributed by atoms with Crippen LogP contribution in [0.2, 0.25) is 0 Å². The summed E-state index contributed by atoms with van der Waals surface area (Å²) in [5.41, 5.74) is 1.73. The molecule has 0 radical (unpaired) electrons. The monoisotopic (exact) mass is 375 g/mol. The van der Waals surface area contributed by atoms with E-state index in [9.17, 15) is 4.79 Å². The minimum Gasteiger partial charge on any atom is -0.345 e. The van der Waals surface area contributed by atoms with Gasteiger partial charge in [0.25, 0.3) is 5.91 Å². The number of nitrogens with one attached hydrogen (secondary N) is 1. The summed E-state index contributed by atoms with van der Waals surface area (Å²) in [5.74, 6) is 1.16. The summed E-state index contributed by atoms with van der Waals surface area (Å²) in [6.45, 7) is 0. The molecule has 3 aromatic rings. The van der Waals surface area contributed by atoms with Crippen LogP contribution in [-0.4, -0.2) is 25.7 Å². The molecule has 4 rings (SSSR count). The van der Waals surface area contributed by atoms with Crippen molar-refractivity contribution < 1.29 is 4.79 Å². The number of benzene rings is 1. The van der Waals surface area contributed by atoms with Crippen molar-refractivity contribution in [1.82, 2.24) is 25.1 Å². The average molecular weight is 375 g/mol. The molecule has 0 bridgehead atoms. The van der Waals surface area contributed by atoms with Crippen LogP contribution in [0.5, 0.6) is 0 Å². The van der Waals surface area contributed by atoms with E-state index in [-0.39, 0.29) is 11.9 Å². The van der Waals surface area contributed by atoms with Gasteiger partial charge in [-0.25, -0.2) is 14.6 Å². The summed E-state index contributed by atoms with van der Waals surface area (Å²) >= 11 is 0. The second-order valence-electron chi connectivity index (χ2n) is 7.42. The first kappa shape index (κ1) is 18.3. The number of pyridine rings is 1. The molecule has 1 fully saturated rings. The molecule has 1 N–H and O–H groups in total. The van der Waals surface area contributed by atoms with E-state index < -0.39 is 0 Å². The summed E-state index contributed by atoms with van der Waals surface area (Å²) < 4.78 is 1.55. The number of hydrogen-bond donors (Lipinski definition) is 1. The molecular formula is C22H25N5O. The molecule has 1 aliphatic carbocycles. The van der Waals surface area contributed by atoms with Crippen LogP contribution >= 0.6 is 0 Å². The molecule has 1 atom stereocenters. The van der Waals surface area contributed by atoms with Gasteiger partial charge in [-0.3, -0.25) is 4.79 Å². The summed E-state index contributed by atoms with van der Waals surface area (Å²) in [6.07, 6.45) is 12.1. The number of hydrogen-bond acceptors (Lipinski definition) is 4. The van der Waals surface area contributed by atoms with E-state index in [1.54, 1.807) is 29.3 Å². The Balaban J connectivity index is 1.52. The Bertz CT molecular complexity index is 888. The highest BCUT2D eigenvalue weighted by Gasteiger charge is 2.22. The number of amides is 1. The van der Waals surface area contributed by atoms with Crippen LogP contribution in [0.3, 0.4) is 0 Å². The van der Waals surface area contributed by atoms with Crippen molar-refractivity contribution in [3.63, 3.8) is 0 Å². The maximum atomic E-state index is 13.0. The molecule has 2 heterocycles. The zero-order valence-electron chi connectivity index (χ0n) is 15.9. The Labute approximate surface area is 165 Å². The lowest BCUT2D eigenvalue weighted by molar-refractivity contribution is 0.0928. The smallest absolute Gasteiger partial charge is 0.251 e. The summed E-state index contributed by atoms with van der Waals surface area (Å²) in [6, 6.07) is 13.8. The van der Waals surface area contributed by atoms with Crippen LogP contribution in [0, 0.1) is 5.92 Å². The molecule has 0 saturated heterocycles. The first-order valence-corrected chi connectivity index (χ1v) is 9.96. The fourth-order valence-corrected chi connectivity index (χ4v) is 3.97. The number of carbonyl (C=O) groups is 1. The van der Waals surface area contributed by atoms with Gasteiger partial charge in [-0.2, -0.15) is 5.10 Å². The van der Waals surface area contributed by atoms with Gasteiger partial charge in [0.2, 0.25) is 0 Å². The minimum absolute atomic E-state index is 0.0137. The largest absolute Gasteiger partial charge is 0.345 e. The molecule has 0 aliphatic heterocycles. The highest BCUT2D eigenvalue weighted by molar-refractivity contribution is 5.94. The Morgan fingerprint density at radius 1 is 1.14 bits per heavy atom. The van der Waals surface area contributed by atoms with Gasteiger partial charge in [-0.05, 0) is 30.0 Å². The lowest BCUT2D eigenvalue weighted by atomic mass is 9.83. The van der Waals surface area contributed by atoms with Gasteiger partial charge >= 0.3 is 0 Å². The molecule has 6 nitrogen and oxygen atoms in total. The predicted octanol–water partition coefficient (Wildman–Crippen LogP) is 4.10. The van der Waals surface area contributed by atoms with Crippen LogP contribution in [0.4, 0.5) is 0 Å². The van der Waals surface area contributed by atoms with Crippen molar-refractivity contribution in [2.75, 3.05) is 0 Å². The molecule has 1 amide bonds. The first-order chi connectivity index (χ1) is 13.8. The summed E-state index contributed by atoms with van der Waals surface area (Å²) in [7, 11) is 0. The third-order valence-electron chi connectivity index (χ3n) is 5.46. The van der Waals surface area contributed by atoms with Crippen LogP contribution in [0.1, 0.15) is 60.5 Å². The Kier molecular flexibility index (Phi) is 5.75. The van der Waals surface area contributed by atoms with E-state index in [1.165, 1.54) is 38.4 Å². The van der Waals surface area contributed by atoms with Gasteiger partial charge in [0, 0.05) is 11.8 Å². The molecule has 0 spiro atoms. The van der Waals surface area contributed by atoms with Crippen LogP contribution in [-0.2, 0) is 0 Å². The lowest BCUT2D eigenvalue weighted by Gasteiger charge is -2.27. The molecule has 1 aromatic carbocycles. The Morgan fingerprint density at radius 3 is 2.71 bits per heavy atom. The number of aromatic nitrogens is 4. The van der Waals surface area contributed by atoms with Crippen molar-refractivity contribution in [2.45, 2.75) is 44.6 Å². The first-order valence-electron chi connectivity index (χ1n) is 9.96. The fourth-order valence-electron chi connectivity index (χ4n) is 3.97. The van der Waals surface area contributed by atoms with Crippen molar-refractivity contribution in [1.29, 1.82) is 0 Å². The molecule has 1 aliphatic rings. The topological polar surface area (TPSA) is 72.7 Å². The van der Waals surface area contributed by atoms with Crippen LogP contribution < -0.4 is 5.32 Å². The van der Waals surface area contributed by atoms with Crippen molar-refractivity contribution in [2.24, 2.45) is 5.92 Å². The predicted molar refractivity (Wildman–Crippen MR) is 107 cm³/mol. The SMILES string of the molecule is O=C(NC(CC1CCCCC1)c1ccccc1)c1ccnc(-n2cncn2)c1. The molecule has 6 heteroatoms. The lowest BCUT2D eigenvalue weighted by Crippen LogP contribution is -2.30. The van der Waals surface area contributed by atoms with Gasteiger partial charge in [0.1, 0.15) is 12.7 Å². The van der Waals surface area contributed by atoms with Crippen LogP contribution in [0.15, 0.2) is 61.3 Å². The second-order valence-corrected chi connectivity index (χ2v) is 7.42. The quantitative estimate of drug-likeness (QED) is 0.704. The Morgan fingerprint density at radius 2 is 1.96 bits per heavy atom.